The molecule has 1 saturated carbocycles. The molecule has 1 aliphatic carbocycles. The van der Waals surface area contributed by atoms with Gasteiger partial charge in [0, 0.05) is 44.3 Å². The number of rotatable bonds is 9. The third-order valence-electron chi connectivity index (χ3n) is 10.9. The number of anilines is 1. The number of piperazine rings is 1. The molecule has 3 aliphatic rings. The van der Waals surface area contributed by atoms with Crippen molar-refractivity contribution in [3.8, 4) is 11.5 Å². The van der Waals surface area contributed by atoms with Gasteiger partial charge in [0.1, 0.15) is 12.1 Å². The van der Waals surface area contributed by atoms with Gasteiger partial charge < -0.3 is 29.5 Å². The predicted molar refractivity (Wildman–Crippen MR) is 189 cm³/mol. The second-order valence-corrected chi connectivity index (χ2v) is 13.5. The normalized spacial score (nSPS) is 20.6. The lowest BCUT2D eigenvalue weighted by Crippen LogP contribution is -2.57. The van der Waals surface area contributed by atoms with E-state index in [1.165, 1.54) is 5.56 Å². The molecule has 1 spiro atoms. The molecule has 1 saturated heterocycles. The van der Waals surface area contributed by atoms with Gasteiger partial charge in [0.25, 0.3) is 0 Å². The predicted octanol–water partition coefficient (Wildman–Crippen LogP) is 3.19. The molecule has 3 aromatic heterocycles. The van der Waals surface area contributed by atoms with Gasteiger partial charge in [-0.1, -0.05) is 13.0 Å². The summed E-state index contributed by atoms with van der Waals surface area (Å²) in [5, 5.41) is 8.59. The summed E-state index contributed by atoms with van der Waals surface area (Å²) >= 11 is 0. The van der Waals surface area contributed by atoms with E-state index in [1.54, 1.807) is 27.6 Å². The summed E-state index contributed by atoms with van der Waals surface area (Å²) in [5.74, 6) is 2.42. The van der Waals surface area contributed by atoms with Crippen molar-refractivity contribution in [2.45, 2.75) is 57.5 Å². The average Bonchev–Trinajstić information content (AvgIpc) is 3.57. The maximum atomic E-state index is 14.0. The Balaban J connectivity index is 1.03. The number of nitrogens with one attached hydrogen (secondary N) is 1. The molecule has 0 atom stereocenters. The number of ether oxygens (including phenoxy) is 2. The first kappa shape index (κ1) is 33.7. The van der Waals surface area contributed by atoms with Gasteiger partial charge in [-0.15, -0.1) is 0 Å². The number of methoxy groups -OCH3 is 2. The smallest absolute Gasteiger partial charge is 0.237 e. The SMILES string of the molecule is CCc1cccc(Cn2ncc3c(N4CCN(C(=O)[C@H]5CC[C@@]6(CC5)c5cc(OC)c(OC)cc5CCN6C(=O)CNC)CC4)ncnc32)n1. The van der Waals surface area contributed by atoms with Crippen LogP contribution in [-0.4, -0.2) is 107 Å². The van der Waals surface area contributed by atoms with Crippen LogP contribution in [0.4, 0.5) is 5.82 Å². The Hall–Kier alpha value is -4.78. The van der Waals surface area contributed by atoms with Crippen LogP contribution in [0.5, 0.6) is 11.5 Å². The lowest BCUT2D eigenvalue weighted by atomic mass is 9.68. The van der Waals surface area contributed by atoms with Crippen LogP contribution in [0, 0.1) is 5.92 Å². The van der Waals surface area contributed by atoms with Crippen LogP contribution in [-0.2, 0) is 34.5 Å². The van der Waals surface area contributed by atoms with Crippen molar-refractivity contribution in [3.05, 3.63) is 65.4 Å². The first-order valence-corrected chi connectivity index (χ1v) is 17.7. The number of aromatic nitrogens is 5. The second-order valence-electron chi connectivity index (χ2n) is 13.5. The summed E-state index contributed by atoms with van der Waals surface area (Å²) in [5.41, 5.74) is 4.60. The van der Waals surface area contributed by atoms with Gasteiger partial charge in [-0.2, -0.15) is 5.10 Å². The van der Waals surface area contributed by atoms with Gasteiger partial charge in [0.2, 0.25) is 11.8 Å². The van der Waals surface area contributed by atoms with Gasteiger partial charge in [0.15, 0.2) is 17.1 Å². The average molecular weight is 682 g/mol. The third-order valence-corrected chi connectivity index (χ3v) is 10.9. The Morgan fingerprint density at radius 3 is 2.44 bits per heavy atom. The molecule has 1 N–H and O–H groups in total. The van der Waals surface area contributed by atoms with E-state index >= 15 is 0 Å². The number of carbonyl (C=O) groups excluding carboxylic acids is 2. The van der Waals surface area contributed by atoms with Crippen molar-refractivity contribution in [3.63, 3.8) is 0 Å². The van der Waals surface area contributed by atoms with Crippen LogP contribution in [0.25, 0.3) is 11.0 Å². The summed E-state index contributed by atoms with van der Waals surface area (Å²) in [6.07, 6.45) is 7.96. The molecule has 7 rings (SSSR count). The quantitative estimate of drug-likeness (QED) is 0.281. The fourth-order valence-electron chi connectivity index (χ4n) is 8.26. The van der Waals surface area contributed by atoms with Crippen LogP contribution in [0.2, 0.25) is 0 Å². The van der Waals surface area contributed by atoms with Crippen molar-refractivity contribution in [2.24, 2.45) is 5.92 Å². The molecule has 0 unspecified atom stereocenters. The lowest BCUT2D eigenvalue weighted by Gasteiger charge is -2.52. The maximum absolute atomic E-state index is 14.0. The first-order valence-electron chi connectivity index (χ1n) is 17.7. The van der Waals surface area contributed by atoms with Crippen molar-refractivity contribution in [1.82, 2.24) is 39.8 Å². The largest absolute Gasteiger partial charge is 0.493 e. The van der Waals surface area contributed by atoms with E-state index < -0.39 is 5.54 Å². The molecule has 2 fully saturated rings. The number of carbonyl (C=O) groups is 2. The number of likely N-dealkylation sites (N-methyl/N-ethyl adjacent to an activating group) is 1. The number of pyridine rings is 1. The van der Waals surface area contributed by atoms with Crippen LogP contribution < -0.4 is 19.7 Å². The minimum atomic E-state index is -0.478. The summed E-state index contributed by atoms with van der Waals surface area (Å²) in [6, 6.07) is 10.2. The van der Waals surface area contributed by atoms with E-state index in [0.717, 1.165) is 72.3 Å². The van der Waals surface area contributed by atoms with Crippen LogP contribution in [0.3, 0.4) is 0 Å². The van der Waals surface area contributed by atoms with E-state index in [-0.39, 0.29) is 24.3 Å². The number of hydrogen-bond acceptors (Lipinski definition) is 10. The van der Waals surface area contributed by atoms with Gasteiger partial charge in [-0.3, -0.25) is 14.6 Å². The van der Waals surface area contributed by atoms with E-state index in [4.69, 9.17) is 14.5 Å². The van der Waals surface area contributed by atoms with Crippen molar-refractivity contribution in [1.29, 1.82) is 0 Å². The van der Waals surface area contributed by atoms with Gasteiger partial charge >= 0.3 is 0 Å². The zero-order chi connectivity index (χ0) is 34.8. The molecule has 5 heterocycles. The van der Waals surface area contributed by atoms with Crippen LogP contribution in [0.1, 0.15) is 55.1 Å². The van der Waals surface area contributed by atoms with Gasteiger partial charge in [0.05, 0.1) is 50.1 Å². The van der Waals surface area contributed by atoms with Crippen molar-refractivity contribution >= 4 is 28.7 Å². The highest BCUT2D eigenvalue weighted by Gasteiger charge is 2.48. The Morgan fingerprint density at radius 2 is 1.72 bits per heavy atom. The highest BCUT2D eigenvalue weighted by molar-refractivity contribution is 5.87. The van der Waals surface area contributed by atoms with Crippen LogP contribution >= 0.6 is 0 Å². The molecule has 4 aromatic rings. The minimum Gasteiger partial charge on any atom is -0.493 e. The number of nitrogens with zero attached hydrogens (tertiary/aromatic N) is 8. The van der Waals surface area contributed by atoms with E-state index in [0.29, 0.717) is 50.8 Å². The summed E-state index contributed by atoms with van der Waals surface area (Å²) < 4.78 is 13.2. The maximum Gasteiger partial charge on any atom is 0.237 e. The third kappa shape index (κ3) is 6.12. The molecule has 0 radical (unpaired) electrons. The van der Waals surface area contributed by atoms with E-state index in [1.807, 2.05) is 34.0 Å². The van der Waals surface area contributed by atoms with Gasteiger partial charge in [-0.05, 0) is 81.0 Å². The molecule has 50 heavy (non-hydrogen) atoms. The molecule has 1 aromatic carbocycles. The summed E-state index contributed by atoms with van der Waals surface area (Å²) in [7, 11) is 5.10. The van der Waals surface area contributed by atoms with Gasteiger partial charge in [-0.25, -0.2) is 14.6 Å². The number of fused-ring (bicyclic) bond motifs is 3. The monoisotopic (exact) mass is 681 g/mol. The number of hydrogen-bond donors (Lipinski definition) is 1. The van der Waals surface area contributed by atoms with E-state index in [2.05, 4.69) is 49.2 Å². The molecular formula is C37H47N9O4. The van der Waals surface area contributed by atoms with E-state index in [9.17, 15) is 9.59 Å². The number of aryl methyl sites for hydroxylation is 1. The van der Waals surface area contributed by atoms with Crippen LogP contribution in [0.15, 0.2) is 42.9 Å². The zero-order valence-electron chi connectivity index (χ0n) is 29.5. The molecular weight excluding hydrogens is 634 g/mol. The highest BCUT2D eigenvalue weighted by atomic mass is 16.5. The molecule has 2 aliphatic heterocycles. The minimum absolute atomic E-state index is 0.0808. The molecule has 13 nitrogen and oxygen atoms in total. The Kier molecular flexibility index (Phi) is 9.58. The second kappa shape index (κ2) is 14.2. The summed E-state index contributed by atoms with van der Waals surface area (Å²) in [4.78, 5) is 47.7. The van der Waals surface area contributed by atoms with Crippen molar-refractivity contribution in [2.75, 3.05) is 65.4 Å². The lowest BCUT2D eigenvalue weighted by molar-refractivity contribution is -0.143. The Labute approximate surface area is 293 Å². The molecule has 13 heteroatoms. The van der Waals surface area contributed by atoms with Crippen molar-refractivity contribution < 1.29 is 19.1 Å². The molecule has 0 bridgehead atoms. The fourth-order valence-corrected chi connectivity index (χ4v) is 8.26. The zero-order valence-corrected chi connectivity index (χ0v) is 29.5. The Morgan fingerprint density at radius 1 is 0.980 bits per heavy atom. The highest BCUT2D eigenvalue weighted by Crippen LogP contribution is 2.50. The summed E-state index contributed by atoms with van der Waals surface area (Å²) in [6.45, 7) is 6.17. The number of benzene rings is 1. The first-order chi connectivity index (χ1) is 24.4. The molecule has 2 amide bonds. The fraction of sp³-hybridized carbons (Fsp3) is 0.514. The Bertz CT molecular complexity index is 1860. The standard InChI is InChI=1S/C37H47N9O4/c1-5-27-7-6-8-28(42-27)23-46-35-29(21-41-46)34(39-24-40-35)43-15-17-44(18-16-43)36(48)25-9-12-37(13-10-25)30-20-32(50-4)31(49-3)19-26(30)11-14-45(37)33(47)22-38-2/h6-8,19-21,24-25,38H,5,9-18,22-23H2,1-4H3/t25-,37+. The topological polar surface area (TPSA) is 131 Å². The number of amides is 2. The molecule has 264 valence electrons.